The zero-order valence-electron chi connectivity index (χ0n) is 11.5. The molecule has 0 aliphatic rings. The molecular weight excluding hydrogens is 229 g/mol. The molecule has 0 unspecified atom stereocenters. The molecular formula is C15H24FNO. The molecule has 1 N–H and O–H groups in total. The standard InChI is InChI=1S/C15H24FNO/c1-3-5-6-7-11-18-15-13(12-17-4-2)9-8-10-14(15)16/h8-10,17H,3-7,11-12H2,1-2H3. The Morgan fingerprint density at radius 2 is 2.00 bits per heavy atom. The van der Waals surface area contributed by atoms with Crippen LogP contribution in [0.1, 0.15) is 45.1 Å². The smallest absolute Gasteiger partial charge is 0.165 e. The first kappa shape index (κ1) is 15.0. The van der Waals surface area contributed by atoms with Crippen molar-refractivity contribution in [3.8, 4) is 5.75 Å². The molecule has 102 valence electrons. The van der Waals surface area contributed by atoms with Crippen LogP contribution in [-0.2, 0) is 6.54 Å². The SMILES string of the molecule is CCCCCCOc1c(F)cccc1CNCC. The third-order valence-corrected chi connectivity index (χ3v) is 2.86. The van der Waals surface area contributed by atoms with Crippen LogP contribution in [0.5, 0.6) is 5.75 Å². The molecule has 0 aliphatic carbocycles. The van der Waals surface area contributed by atoms with Gasteiger partial charge < -0.3 is 10.1 Å². The van der Waals surface area contributed by atoms with Crippen molar-refractivity contribution in [1.29, 1.82) is 0 Å². The predicted molar refractivity (Wildman–Crippen MR) is 73.4 cm³/mol. The van der Waals surface area contributed by atoms with E-state index in [4.69, 9.17) is 4.74 Å². The summed E-state index contributed by atoms with van der Waals surface area (Å²) >= 11 is 0. The summed E-state index contributed by atoms with van der Waals surface area (Å²) in [7, 11) is 0. The molecule has 3 heteroatoms. The lowest BCUT2D eigenvalue weighted by Crippen LogP contribution is -2.13. The van der Waals surface area contributed by atoms with Crippen LogP contribution < -0.4 is 10.1 Å². The van der Waals surface area contributed by atoms with Crippen molar-refractivity contribution < 1.29 is 9.13 Å². The number of nitrogens with one attached hydrogen (secondary N) is 1. The van der Waals surface area contributed by atoms with Crippen molar-refractivity contribution in [2.45, 2.75) is 46.1 Å². The van der Waals surface area contributed by atoms with Crippen LogP contribution in [0.2, 0.25) is 0 Å². The lowest BCUT2D eigenvalue weighted by molar-refractivity contribution is 0.286. The van der Waals surface area contributed by atoms with Crippen LogP contribution in [-0.4, -0.2) is 13.2 Å². The van der Waals surface area contributed by atoms with Gasteiger partial charge in [0, 0.05) is 12.1 Å². The summed E-state index contributed by atoms with van der Waals surface area (Å²) in [5.41, 5.74) is 0.896. The minimum Gasteiger partial charge on any atom is -0.490 e. The van der Waals surface area contributed by atoms with E-state index in [0.29, 0.717) is 18.9 Å². The molecule has 0 atom stereocenters. The van der Waals surface area contributed by atoms with Crippen LogP contribution in [0.25, 0.3) is 0 Å². The Kier molecular flexibility index (Phi) is 7.42. The minimum absolute atomic E-state index is 0.263. The number of unbranched alkanes of at least 4 members (excludes halogenated alkanes) is 3. The fourth-order valence-corrected chi connectivity index (χ4v) is 1.82. The molecule has 0 amide bonds. The van der Waals surface area contributed by atoms with Crippen LogP contribution in [0.3, 0.4) is 0 Å². The highest BCUT2D eigenvalue weighted by Crippen LogP contribution is 2.23. The minimum atomic E-state index is -0.263. The van der Waals surface area contributed by atoms with E-state index in [0.717, 1.165) is 24.9 Å². The molecule has 0 aliphatic heterocycles. The van der Waals surface area contributed by atoms with Crippen molar-refractivity contribution in [3.05, 3.63) is 29.6 Å². The monoisotopic (exact) mass is 253 g/mol. The fraction of sp³-hybridized carbons (Fsp3) is 0.600. The van der Waals surface area contributed by atoms with Crippen LogP contribution in [0.4, 0.5) is 4.39 Å². The molecule has 1 aromatic rings. The van der Waals surface area contributed by atoms with Gasteiger partial charge in [-0.15, -0.1) is 0 Å². The topological polar surface area (TPSA) is 21.3 Å². The van der Waals surface area contributed by atoms with Gasteiger partial charge in [-0.3, -0.25) is 0 Å². The van der Waals surface area contributed by atoms with Gasteiger partial charge in [0.2, 0.25) is 0 Å². The summed E-state index contributed by atoms with van der Waals surface area (Å²) in [6.45, 7) is 6.32. The van der Waals surface area contributed by atoms with Gasteiger partial charge in [0.1, 0.15) is 0 Å². The Bertz CT molecular complexity index is 341. The Hall–Kier alpha value is -1.09. The van der Waals surface area contributed by atoms with Gasteiger partial charge in [-0.25, -0.2) is 4.39 Å². The zero-order valence-corrected chi connectivity index (χ0v) is 11.5. The molecule has 0 bridgehead atoms. The van der Waals surface area contributed by atoms with E-state index in [9.17, 15) is 4.39 Å². The van der Waals surface area contributed by atoms with Crippen LogP contribution >= 0.6 is 0 Å². The van der Waals surface area contributed by atoms with Gasteiger partial charge in [0.25, 0.3) is 0 Å². The van der Waals surface area contributed by atoms with E-state index >= 15 is 0 Å². The van der Waals surface area contributed by atoms with E-state index < -0.39 is 0 Å². The number of para-hydroxylation sites is 1. The summed E-state index contributed by atoms with van der Waals surface area (Å²) in [4.78, 5) is 0. The second-order valence-corrected chi connectivity index (χ2v) is 4.42. The summed E-state index contributed by atoms with van der Waals surface area (Å²) in [6.07, 6.45) is 4.55. The van der Waals surface area contributed by atoms with Crippen molar-refractivity contribution in [2.75, 3.05) is 13.2 Å². The molecule has 0 saturated carbocycles. The number of ether oxygens (including phenoxy) is 1. The first-order valence-corrected chi connectivity index (χ1v) is 6.90. The van der Waals surface area contributed by atoms with Gasteiger partial charge in [0.15, 0.2) is 11.6 Å². The molecule has 0 heterocycles. The largest absolute Gasteiger partial charge is 0.490 e. The average molecular weight is 253 g/mol. The van der Waals surface area contributed by atoms with E-state index in [1.54, 1.807) is 6.07 Å². The van der Waals surface area contributed by atoms with Crippen molar-refractivity contribution in [3.63, 3.8) is 0 Å². The molecule has 0 aromatic heterocycles. The Balaban J connectivity index is 2.50. The zero-order chi connectivity index (χ0) is 13.2. The van der Waals surface area contributed by atoms with E-state index in [1.165, 1.54) is 18.9 Å². The van der Waals surface area contributed by atoms with Crippen molar-refractivity contribution in [2.24, 2.45) is 0 Å². The van der Waals surface area contributed by atoms with Crippen LogP contribution in [0.15, 0.2) is 18.2 Å². The maximum Gasteiger partial charge on any atom is 0.165 e. The number of halogens is 1. The molecule has 0 fully saturated rings. The number of hydrogen-bond donors (Lipinski definition) is 1. The van der Waals surface area contributed by atoms with E-state index in [-0.39, 0.29) is 5.82 Å². The maximum absolute atomic E-state index is 13.7. The highest BCUT2D eigenvalue weighted by atomic mass is 19.1. The Morgan fingerprint density at radius 1 is 1.17 bits per heavy atom. The fourth-order valence-electron chi connectivity index (χ4n) is 1.82. The first-order valence-electron chi connectivity index (χ1n) is 6.90. The number of rotatable bonds is 9. The van der Waals surface area contributed by atoms with Gasteiger partial charge >= 0.3 is 0 Å². The highest BCUT2D eigenvalue weighted by Gasteiger charge is 2.09. The van der Waals surface area contributed by atoms with Gasteiger partial charge in [-0.1, -0.05) is 45.2 Å². The highest BCUT2D eigenvalue weighted by molar-refractivity contribution is 5.34. The summed E-state index contributed by atoms with van der Waals surface area (Å²) < 4.78 is 19.3. The average Bonchev–Trinajstić information content (AvgIpc) is 2.38. The number of benzene rings is 1. The summed E-state index contributed by atoms with van der Waals surface area (Å²) in [5, 5.41) is 3.20. The summed E-state index contributed by atoms with van der Waals surface area (Å²) in [6, 6.07) is 5.09. The molecule has 0 saturated heterocycles. The third kappa shape index (κ3) is 5.05. The molecule has 1 aromatic carbocycles. The van der Waals surface area contributed by atoms with E-state index in [2.05, 4.69) is 12.2 Å². The summed E-state index contributed by atoms with van der Waals surface area (Å²) in [5.74, 6) is 0.149. The molecule has 2 nitrogen and oxygen atoms in total. The lowest BCUT2D eigenvalue weighted by atomic mass is 10.2. The second kappa shape index (κ2) is 8.92. The molecule has 1 rings (SSSR count). The predicted octanol–water partition coefficient (Wildman–Crippen LogP) is 3.89. The quantitative estimate of drug-likeness (QED) is 0.674. The second-order valence-electron chi connectivity index (χ2n) is 4.42. The van der Waals surface area contributed by atoms with Gasteiger partial charge in [-0.2, -0.15) is 0 Å². The van der Waals surface area contributed by atoms with E-state index in [1.807, 2.05) is 13.0 Å². The molecule has 18 heavy (non-hydrogen) atoms. The first-order chi connectivity index (χ1) is 8.79. The normalized spacial score (nSPS) is 10.6. The van der Waals surface area contributed by atoms with Gasteiger partial charge in [-0.05, 0) is 19.0 Å². The molecule has 0 spiro atoms. The van der Waals surface area contributed by atoms with Crippen LogP contribution in [0, 0.1) is 5.82 Å². The van der Waals surface area contributed by atoms with Gasteiger partial charge in [0.05, 0.1) is 6.61 Å². The third-order valence-electron chi connectivity index (χ3n) is 2.86. The van der Waals surface area contributed by atoms with Crippen molar-refractivity contribution in [1.82, 2.24) is 5.32 Å². The maximum atomic E-state index is 13.7. The number of hydrogen-bond acceptors (Lipinski definition) is 2. The molecule has 0 radical (unpaired) electrons. The Morgan fingerprint density at radius 3 is 2.72 bits per heavy atom. The lowest BCUT2D eigenvalue weighted by Gasteiger charge is -2.12. The van der Waals surface area contributed by atoms with Crippen molar-refractivity contribution >= 4 is 0 Å². The Labute approximate surface area is 110 Å².